The van der Waals surface area contributed by atoms with E-state index >= 15 is 0 Å². The number of rotatable bonds is 10. The second kappa shape index (κ2) is 13.8. The molecule has 0 radical (unpaired) electrons. The summed E-state index contributed by atoms with van der Waals surface area (Å²) in [4.78, 5) is 11.9. The average Bonchev–Trinajstić information content (AvgIpc) is 2.53. The number of hydrogen-bond donors (Lipinski definition) is 1. The maximum absolute atomic E-state index is 11.9. The molecule has 22 heavy (non-hydrogen) atoms. The third-order valence-corrected chi connectivity index (χ3v) is 2.72. The Labute approximate surface area is 133 Å². The average molecular weight is 302 g/mol. The minimum absolute atomic E-state index is 0.00421. The molecule has 0 aromatic carbocycles. The van der Waals surface area contributed by atoms with Crippen molar-refractivity contribution in [3.63, 3.8) is 0 Å². The lowest BCUT2D eigenvalue weighted by Crippen LogP contribution is -2.03. The molecule has 120 valence electrons. The van der Waals surface area contributed by atoms with E-state index in [-0.39, 0.29) is 12.6 Å². The Hall–Kier alpha value is -2.13. The normalized spacial score (nSPS) is 13.4. The number of aliphatic hydroxyl groups excluding tert-OH is 1. The monoisotopic (exact) mass is 302 g/mol. The number of hydrogen-bond acceptors (Lipinski definition) is 3. The van der Waals surface area contributed by atoms with Gasteiger partial charge in [0, 0.05) is 5.57 Å². The molecule has 0 spiro atoms. The number of esters is 1. The van der Waals surface area contributed by atoms with Crippen LogP contribution in [0.4, 0.5) is 0 Å². The standard InChI is InChI=1S/C19H26O3/c1-4-7-13-18(14-8-5-2)19(21)22-15-10-9-12-17(16-20)11-6-3/h4-6,8,10-13,15,20H,1,7,9,14,16H2,2-3H3/b8-5?,11-6?,15-10+,17-12+,18-13+. The minimum Gasteiger partial charge on any atom is -0.431 e. The van der Waals surface area contributed by atoms with Crippen LogP contribution in [0.2, 0.25) is 0 Å². The number of ether oxygens (including phenoxy) is 1. The summed E-state index contributed by atoms with van der Waals surface area (Å²) in [5.74, 6) is -0.351. The fourth-order valence-corrected chi connectivity index (χ4v) is 1.58. The van der Waals surface area contributed by atoms with Gasteiger partial charge in [-0.25, -0.2) is 4.79 Å². The van der Waals surface area contributed by atoms with Gasteiger partial charge in [-0.1, -0.05) is 42.5 Å². The first-order valence-electron chi connectivity index (χ1n) is 7.39. The van der Waals surface area contributed by atoms with E-state index in [1.807, 2.05) is 50.3 Å². The third kappa shape index (κ3) is 9.72. The number of carbonyl (C=O) groups excluding carboxylic acids is 1. The molecule has 0 rings (SSSR count). The van der Waals surface area contributed by atoms with Crippen LogP contribution in [0.5, 0.6) is 0 Å². The van der Waals surface area contributed by atoms with Crippen LogP contribution in [0.3, 0.4) is 0 Å². The van der Waals surface area contributed by atoms with Crippen molar-refractivity contribution in [2.45, 2.75) is 33.1 Å². The highest BCUT2D eigenvalue weighted by Gasteiger charge is 2.07. The van der Waals surface area contributed by atoms with E-state index in [0.717, 1.165) is 5.57 Å². The van der Waals surface area contributed by atoms with Gasteiger partial charge in [0.2, 0.25) is 0 Å². The van der Waals surface area contributed by atoms with Crippen molar-refractivity contribution in [1.29, 1.82) is 0 Å². The second-order valence-corrected chi connectivity index (χ2v) is 4.48. The number of allylic oxidation sites excluding steroid dienone is 7. The topological polar surface area (TPSA) is 46.5 Å². The molecule has 0 aliphatic rings. The van der Waals surface area contributed by atoms with E-state index in [1.165, 1.54) is 6.26 Å². The molecular weight excluding hydrogens is 276 g/mol. The van der Waals surface area contributed by atoms with Gasteiger partial charge in [-0.05, 0) is 44.8 Å². The van der Waals surface area contributed by atoms with Crippen LogP contribution in [0, 0.1) is 0 Å². The summed E-state index contributed by atoms with van der Waals surface area (Å²) in [5.41, 5.74) is 1.45. The fourth-order valence-electron chi connectivity index (χ4n) is 1.58. The highest BCUT2D eigenvalue weighted by molar-refractivity contribution is 5.89. The van der Waals surface area contributed by atoms with Gasteiger partial charge in [0.05, 0.1) is 12.9 Å². The molecule has 0 aromatic heterocycles. The zero-order valence-corrected chi connectivity index (χ0v) is 13.5. The van der Waals surface area contributed by atoms with E-state index in [0.29, 0.717) is 24.8 Å². The summed E-state index contributed by atoms with van der Waals surface area (Å²) in [7, 11) is 0. The van der Waals surface area contributed by atoms with Crippen LogP contribution in [-0.4, -0.2) is 17.7 Å². The summed E-state index contributed by atoms with van der Waals surface area (Å²) in [6.07, 6.45) is 17.8. The summed E-state index contributed by atoms with van der Waals surface area (Å²) in [5, 5.41) is 9.09. The van der Waals surface area contributed by atoms with Crippen LogP contribution >= 0.6 is 0 Å². The molecule has 0 saturated heterocycles. The van der Waals surface area contributed by atoms with Crippen molar-refractivity contribution in [3.8, 4) is 0 Å². The fraction of sp³-hybridized carbons (Fsp3) is 0.316. The van der Waals surface area contributed by atoms with Crippen molar-refractivity contribution in [2.75, 3.05) is 6.61 Å². The largest absolute Gasteiger partial charge is 0.431 e. The van der Waals surface area contributed by atoms with Gasteiger partial charge < -0.3 is 9.84 Å². The van der Waals surface area contributed by atoms with Gasteiger partial charge in [-0.3, -0.25) is 0 Å². The second-order valence-electron chi connectivity index (χ2n) is 4.48. The lowest BCUT2D eigenvalue weighted by molar-refractivity contribution is -0.133. The Morgan fingerprint density at radius 2 is 1.91 bits per heavy atom. The first-order valence-corrected chi connectivity index (χ1v) is 7.39. The van der Waals surface area contributed by atoms with E-state index in [9.17, 15) is 4.79 Å². The molecular formula is C19H26O3. The first-order chi connectivity index (χ1) is 10.7. The summed E-state index contributed by atoms with van der Waals surface area (Å²) >= 11 is 0. The van der Waals surface area contributed by atoms with E-state index in [4.69, 9.17) is 9.84 Å². The Morgan fingerprint density at radius 1 is 1.14 bits per heavy atom. The molecule has 0 aromatic rings. The van der Waals surface area contributed by atoms with Crippen LogP contribution in [0.1, 0.15) is 33.1 Å². The highest BCUT2D eigenvalue weighted by Crippen LogP contribution is 2.08. The van der Waals surface area contributed by atoms with Crippen LogP contribution < -0.4 is 0 Å². The van der Waals surface area contributed by atoms with Crippen molar-refractivity contribution >= 4 is 5.97 Å². The first kappa shape index (κ1) is 19.9. The molecule has 0 atom stereocenters. The van der Waals surface area contributed by atoms with Crippen LogP contribution in [0.15, 0.2) is 72.6 Å². The van der Waals surface area contributed by atoms with Gasteiger partial charge in [0.25, 0.3) is 0 Å². The predicted molar refractivity (Wildman–Crippen MR) is 92.2 cm³/mol. The maximum Gasteiger partial charge on any atom is 0.338 e. The van der Waals surface area contributed by atoms with Crippen molar-refractivity contribution in [1.82, 2.24) is 0 Å². The molecule has 3 nitrogen and oxygen atoms in total. The van der Waals surface area contributed by atoms with Crippen LogP contribution in [-0.2, 0) is 9.53 Å². The zero-order chi connectivity index (χ0) is 16.6. The summed E-state index contributed by atoms with van der Waals surface area (Å²) in [6.45, 7) is 7.43. The molecule has 3 heteroatoms. The maximum atomic E-state index is 11.9. The summed E-state index contributed by atoms with van der Waals surface area (Å²) in [6, 6.07) is 0. The van der Waals surface area contributed by atoms with Gasteiger partial charge >= 0.3 is 5.97 Å². The Morgan fingerprint density at radius 3 is 2.50 bits per heavy atom. The van der Waals surface area contributed by atoms with E-state index < -0.39 is 0 Å². The SMILES string of the molecule is C=CC/C=C(\CC=CC)C(=O)O/C=C/C/C=C(\C=CC)CO. The van der Waals surface area contributed by atoms with E-state index in [2.05, 4.69) is 6.58 Å². The van der Waals surface area contributed by atoms with Gasteiger partial charge in [0.1, 0.15) is 0 Å². The molecule has 0 aliphatic carbocycles. The molecule has 0 bridgehead atoms. The van der Waals surface area contributed by atoms with Crippen molar-refractivity contribution in [3.05, 3.63) is 72.6 Å². The number of aliphatic hydroxyl groups is 1. The lowest BCUT2D eigenvalue weighted by atomic mass is 10.1. The summed E-state index contributed by atoms with van der Waals surface area (Å²) < 4.78 is 5.11. The quantitative estimate of drug-likeness (QED) is 0.214. The van der Waals surface area contributed by atoms with Gasteiger partial charge in [-0.2, -0.15) is 0 Å². The molecule has 0 aliphatic heterocycles. The smallest absolute Gasteiger partial charge is 0.338 e. The molecule has 0 fully saturated rings. The van der Waals surface area contributed by atoms with Gasteiger partial charge in [0.15, 0.2) is 0 Å². The minimum atomic E-state index is -0.351. The molecule has 0 amide bonds. The van der Waals surface area contributed by atoms with Crippen molar-refractivity contribution < 1.29 is 14.6 Å². The van der Waals surface area contributed by atoms with Crippen LogP contribution in [0.25, 0.3) is 0 Å². The highest BCUT2D eigenvalue weighted by atomic mass is 16.5. The van der Waals surface area contributed by atoms with Gasteiger partial charge in [-0.15, -0.1) is 6.58 Å². The molecule has 0 heterocycles. The third-order valence-electron chi connectivity index (χ3n) is 2.72. The number of carbonyl (C=O) groups is 1. The molecule has 0 saturated carbocycles. The Kier molecular flexibility index (Phi) is 12.5. The zero-order valence-electron chi connectivity index (χ0n) is 13.5. The van der Waals surface area contributed by atoms with E-state index in [1.54, 1.807) is 12.2 Å². The molecule has 0 unspecified atom stereocenters. The molecule has 1 N–H and O–H groups in total. The Bertz CT molecular complexity index is 477. The predicted octanol–water partition coefficient (Wildman–Crippen LogP) is 4.40. The lowest BCUT2D eigenvalue weighted by Gasteiger charge is -2.02. The Balaban J connectivity index is 4.49. The van der Waals surface area contributed by atoms with Crippen molar-refractivity contribution in [2.24, 2.45) is 0 Å².